The van der Waals surface area contributed by atoms with Crippen LogP contribution in [0.15, 0.2) is 12.4 Å². The summed E-state index contributed by atoms with van der Waals surface area (Å²) in [6, 6.07) is 3.07. The van der Waals surface area contributed by atoms with E-state index in [0.717, 1.165) is 12.2 Å². The smallest absolute Gasteiger partial charge is 0.158 e. The Morgan fingerprint density at radius 3 is 2.78 bits per heavy atom. The molecule has 1 aliphatic carbocycles. The van der Waals surface area contributed by atoms with Gasteiger partial charge in [-0.2, -0.15) is 5.26 Å². The van der Waals surface area contributed by atoms with Gasteiger partial charge in [0.2, 0.25) is 0 Å². The van der Waals surface area contributed by atoms with Gasteiger partial charge < -0.3 is 10.2 Å². The van der Waals surface area contributed by atoms with E-state index < -0.39 is 0 Å². The zero-order chi connectivity index (χ0) is 13.0. The number of nitrogens with zero attached hydrogens (tertiary/aromatic N) is 4. The molecular weight excluding hydrogens is 226 g/mol. The van der Waals surface area contributed by atoms with E-state index in [4.69, 9.17) is 5.26 Å². The number of nitriles is 1. The zero-order valence-corrected chi connectivity index (χ0v) is 10.9. The van der Waals surface area contributed by atoms with E-state index in [0.29, 0.717) is 17.8 Å². The third-order valence-corrected chi connectivity index (χ3v) is 3.50. The summed E-state index contributed by atoms with van der Waals surface area (Å²) < 4.78 is 0. The first-order chi connectivity index (χ1) is 8.69. The number of aromatic nitrogens is 2. The van der Waals surface area contributed by atoms with E-state index in [-0.39, 0.29) is 0 Å². The maximum atomic E-state index is 8.67. The molecule has 18 heavy (non-hydrogen) atoms. The normalized spacial score (nSPS) is 23.7. The second-order valence-electron chi connectivity index (χ2n) is 5.02. The van der Waals surface area contributed by atoms with Gasteiger partial charge in [-0.25, -0.2) is 9.97 Å². The predicted octanol–water partition coefficient (Wildman–Crippen LogP) is 1.63. The molecule has 1 N–H and O–H groups in total. The minimum atomic E-state index is 0.357. The summed E-state index contributed by atoms with van der Waals surface area (Å²) >= 11 is 0. The van der Waals surface area contributed by atoms with Gasteiger partial charge in [0.05, 0.1) is 12.4 Å². The zero-order valence-electron chi connectivity index (χ0n) is 10.9. The van der Waals surface area contributed by atoms with Gasteiger partial charge in [-0.15, -0.1) is 0 Å². The standard InChI is InChI=1S/C13H19N5/c1-18(2)12-5-3-4-10(6-12)17-13-9-15-11(7-14)8-16-13/h8-10,12H,3-6H2,1-2H3,(H,16,17). The van der Waals surface area contributed by atoms with E-state index in [9.17, 15) is 0 Å². The molecule has 1 heterocycles. The molecule has 2 atom stereocenters. The molecule has 0 radical (unpaired) electrons. The Morgan fingerprint density at radius 1 is 1.33 bits per heavy atom. The van der Waals surface area contributed by atoms with Crippen molar-refractivity contribution in [3.8, 4) is 6.07 Å². The topological polar surface area (TPSA) is 64.8 Å². The molecule has 0 aliphatic heterocycles. The van der Waals surface area contributed by atoms with Gasteiger partial charge in [0.1, 0.15) is 11.9 Å². The van der Waals surface area contributed by atoms with E-state index >= 15 is 0 Å². The molecule has 0 spiro atoms. The summed E-state index contributed by atoms with van der Waals surface area (Å²) in [6.07, 6.45) is 7.96. The van der Waals surface area contributed by atoms with Gasteiger partial charge in [-0.1, -0.05) is 0 Å². The quantitative estimate of drug-likeness (QED) is 0.877. The number of hydrogen-bond donors (Lipinski definition) is 1. The lowest BCUT2D eigenvalue weighted by atomic mass is 9.90. The van der Waals surface area contributed by atoms with E-state index in [1.807, 2.05) is 6.07 Å². The van der Waals surface area contributed by atoms with Gasteiger partial charge in [0.15, 0.2) is 5.69 Å². The lowest BCUT2D eigenvalue weighted by Crippen LogP contribution is -2.38. The highest BCUT2D eigenvalue weighted by Gasteiger charge is 2.23. The fourth-order valence-corrected chi connectivity index (χ4v) is 2.43. The number of rotatable bonds is 3. The van der Waals surface area contributed by atoms with Crippen molar-refractivity contribution in [2.75, 3.05) is 19.4 Å². The summed E-state index contributed by atoms with van der Waals surface area (Å²) in [5.41, 5.74) is 0.357. The highest BCUT2D eigenvalue weighted by molar-refractivity contribution is 5.34. The molecule has 2 rings (SSSR count). The molecule has 0 bridgehead atoms. The molecule has 0 amide bonds. The van der Waals surface area contributed by atoms with Gasteiger partial charge in [-0.05, 0) is 39.8 Å². The molecule has 1 aliphatic rings. The first-order valence-electron chi connectivity index (χ1n) is 6.34. The Balaban J connectivity index is 1.94. The van der Waals surface area contributed by atoms with Gasteiger partial charge in [0.25, 0.3) is 0 Å². The van der Waals surface area contributed by atoms with Gasteiger partial charge in [0, 0.05) is 12.1 Å². The van der Waals surface area contributed by atoms with Crippen molar-refractivity contribution in [1.29, 1.82) is 5.26 Å². The molecule has 1 saturated carbocycles. The fraction of sp³-hybridized carbons (Fsp3) is 0.615. The Hall–Kier alpha value is -1.67. The van der Waals surface area contributed by atoms with Crippen molar-refractivity contribution >= 4 is 5.82 Å². The number of nitrogens with one attached hydrogen (secondary N) is 1. The first-order valence-corrected chi connectivity index (χ1v) is 6.34. The number of hydrogen-bond acceptors (Lipinski definition) is 5. The predicted molar refractivity (Wildman–Crippen MR) is 70.1 cm³/mol. The van der Waals surface area contributed by atoms with E-state index in [1.54, 1.807) is 6.20 Å². The average Bonchev–Trinajstić information content (AvgIpc) is 2.40. The fourth-order valence-electron chi connectivity index (χ4n) is 2.43. The minimum Gasteiger partial charge on any atom is -0.366 e. The van der Waals surface area contributed by atoms with Crippen LogP contribution >= 0.6 is 0 Å². The van der Waals surface area contributed by atoms with Crippen LogP contribution in [0.4, 0.5) is 5.82 Å². The summed E-state index contributed by atoms with van der Waals surface area (Å²) in [4.78, 5) is 10.5. The maximum Gasteiger partial charge on any atom is 0.158 e. The minimum absolute atomic E-state index is 0.357. The molecule has 0 saturated heterocycles. The molecule has 2 unspecified atom stereocenters. The number of anilines is 1. The van der Waals surface area contributed by atoms with Crippen LogP contribution in [0.5, 0.6) is 0 Å². The van der Waals surface area contributed by atoms with Crippen molar-refractivity contribution in [2.45, 2.75) is 37.8 Å². The lowest BCUT2D eigenvalue weighted by molar-refractivity contribution is 0.219. The third kappa shape index (κ3) is 3.17. The Morgan fingerprint density at radius 2 is 2.17 bits per heavy atom. The van der Waals surface area contributed by atoms with Crippen molar-refractivity contribution in [1.82, 2.24) is 14.9 Å². The third-order valence-electron chi connectivity index (χ3n) is 3.50. The van der Waals surface area contributed by atoms with E-state index in [1.165, 1.54) is 25.5 Å². The molecule has 1 fully saturated rings. The highest BCUT2D eigenvalue weighted by atomic mass is 15.1. The second kappa shape index (κ2) is 5.78. The largest absolute Gasteiger partial charge is 0.366 e. The Kier molecular flexibility index (Phi) is 4.11. The van der Waals surface area contributed by atoms with Crippen LogP contribution < -0.4 is 5.32 Å². The lowest BCUT2D eigenvalue weighted by Gasteiger charge is -2.33. The molecule has 96 valence electrons. The Bertz CT molecular complexity index is 420. The molecular formula is C13H19N5. The summed E-state index contributed by atoms with van der Waals surface area (Å²) in [5, 5.41) is 12.1. The molecule has 1 aromatic rings. The van der Waals surface area contributed by atoms with Crippen LogP contribution in [0.1, 0.15) is 31.4 Å². The van der Waals surface area contributed by atoms with Crippen LogP contribution in [-0.2, 0) is 0 Å². The molecule has 1 aromatic heterocycles. The van der Waals surface area contributed by atoms with Crippen molar-refractivity contribution in [2.24, 2.45) is 0 Å². The van der Waals surface area contributed by atoms with Crippen molar-refractivity contribution in [3.05, 3.63) is 18.1 Å². The molecule has 5 heteroatoms. The van der Waals surface area contributed by atoms with Crippen LogP contribution in [0.3, 0.4) is 0 Å². The SMILES string of the molecule is CN(C)C1CCCC(Nc2cnc(C#N)cn2)C1. The van der Waals surface area contributed by atoms with Crippen molar-refractivity contribution < 1.29 is 0 Å². The second-order valence-corrected chi connectivity index (χ2v) is 5.02. The van der Waals surface area contributed by atoms with Crippen LogP contribution in [0, 0.1) is 11.3 Å². The molecule has 5 nitrogen and oxygen atoms in total. The van der Waals surface area contributed by atoms with Crippen molar-refractivity contribution in [3.63, 3.8) is 0 Å². The average molecular weight is 245 g/mol. The summed E-state index contributed by atoms with van der Waals surface area (Å²) in [6.45, 7) is 0. The van der Waals surface area contributed by atoms with Gasteiger partial charge >= 0.3 is 0 Å². The monoisotopic (exact) mass is 245 g/mol. The Labute approximate surface area is 108 Å². The van der Waals surface area contributed by atoms with Crippen LogP contribution in [0.25, 0.3) is 0 Å². The highest BCUT2D eigenvalue weighted by Crippen LogP contribution is 2.23. The van der Waals surface area contributed by atoms with Gasteiger partial charge in [-0.3, -0.25) is 0 Å². The van der Waals surface area contributed by atoms with Crippen LogP contribution in [-0.4, -0.2) is 41.0 Å². The van der Waals surface area contributed by atoms with E-state index in [2.05, 4.69) is 34.3 Å². The molecule has 0 aromatic carbocycles. The summed E-state index contributed by atoms with van der Waals surface area (Å²) in [5.74, 6) is 0.762. The first kappa shape index (κ1) is 12.8. The summed E-state index contributed by atoms with van der Waals surface area (Å²) in [7, 11) is 4.27. The maximum absolute atomic E-state index is 8.67. The van der Waals surface area contributed by atoms with Crippen LogP contribution in [0.2, 0.25) is 0 Å².